The monoisotopic (exact) mass is 250 g/mol. The van der Waals surface area contributed by atoms with Crippen molar-refractivity contribution in [1.82, 2.24) is 0 Å². The van der Waals surface area contributed by atoms with E-state index in [2.05, 4.69) is 0 Å². The van der Waals surface area contributed by atoms with E-state index in [9.17, 15) is 8.78 Å². The standard InChI is InChI=1S/C14H12F2O2/c15-12-4-1-10(2-5-12)9-18-14-6-3-11(8-17)7-13(14)16/h1-7,17H,8-9H2. The van der Waals surface area contributed by atoms with Gasteiger partial charge in [0.2, 0.25) is 0 Å². The van der Waals surface area contributed by atoms with Gasteiger partial charge >= 0.3 is 0 Å². The Morgan fingerprint density at radius 1 is 0.944 bits per heavy atom. The van der Waals surface area contributed by atoms with E-state index in [1.165, 1.54) is 24.3 Å². The molecule has 2 nitrogen and oxygen atoms in total. The van der Waals surface area contributed by atoms with Gasteiger partial charge in [0.25, 0.3) is 0 Å². The molecular weight excluding hydrogens is 238 g/mol. The minimum absolute atomic E-state index is 0.108. The molecule has 94 valence electrons. The van der Waals surface area contributed by atoms with E-state index in [0.717, 1.165) is 5.56 Å². The molecule has 0 unspecified atom stereocenters. The third kappa shape index (κ3) is 3.05. The number of halogens is 2. The highest BCUT2D eigenvalue weighted by Gasteiger charge is 2.05. The van der Waals surface area contributed by atoms with Gasteiger partial charge < -0.3 is 9.84 Å². The highest BCUT2D eigenvalue weighted by atomic mass is 19.1. The molecule has 4 heteroatoms. The maximum Gasteiger partial charge on any atom is 0.165 e. The topological polar surface area (TPSA) is 29.5 Å². The molecule has 2 aromatic rings. The molecule has 0 fully saturated rings. The van der Waals surface area contributed by atoms with Crippen LogP contribution >= 0.6 is 0 Å². The fraction of sp³-hybridized carbons (Fsp3) is 0.143. The second-order valence-corrected chi connectivity index (χ2v) is 3.84. The normalized spacial score (nSPS) is 10.4. The van der Waals surface area contributed by atoms with Crippen molar-refractivity contribution < 1.29 is 18.6 Å². The van der Waals surface area contributed by atoms with Crippen LogP contribution in [0.5, 0.6) is 5.75 Å². The Morgan fingerprint density at radius 2 is 1.61 bits per heavy atom. The Hall–Kier alpha value is -1.94. The van der Waals surface area contributed by atoms with E-state index < -0.39 is 5.82 Å². The first-order valence-corrected chi connectivity index (χ1v) is 5.45. The summed E-state index contributed by atoms with van der Waals surface area (Å²) in [6.45, 7) is -0.0508. The fourth-order valence-electron chi connectivity index (χ4n) is 1.50. The maximum atomic E-state index is 13.5. The van der Waals surface area contributed by atoms with Gasteiger partial charge in [-0.05, 0) is 35.4 Å². The van der Waals surface area contributed by atoms with Crippen molar-refractivity contribution in [2.75, 3.05) is 0 Å². The molecule has 0 radical (unpaired) electrons. The second kappa shape index (κ2) is 5.60. The van der Waals surface area contributed by atoms with Crippen molar-refractivity contribution in [1.29, 1.82) is 0 Å². The number of rotatable bonds is 4. The summed E-state index contributed by atoms with van der Waals surface area (Å²) in [5, 5.41) is 8.84. The molecule has 0 aromatic heterocycles. The van der Waals surface area contributed by atoms with Crippen molar-refractivity contribution in [3.63, 3.8) is 0 Å². The molecule has 0 atom stereocenters. The van der Waals surface area contributed by atoms with Crippen LogP contribution in [0.15, 0.2) is 42.5 Å². The predicted octanol–water partition coefficient (Wildman–Crippen LogP) is 3.04. The maximum absolute atomic E-state index is 13.5. The van der Waals surface area contributed by atoms with Crippen LogP contribution in [0, 0.1) is 11.6 Å². The molecule has 1 N–H and O–H groups in total. The molecule has 0 saturated carbocycles. The van der Waals surface area contributed by atoms with Gasteiger partial charge in [-0.1, -0.05) is 18.2 Å². The molecule has 0 aliphatic carbocycles. The zero-order valence-electron chi connectivity index (χ0n) is 9.57. The molecule has 0 bridgehead atoms. The molecule has 18 heavy (non-hydrogen) atoms. The molecule has 0 aliphatic rings. The fourth-order valence-corrected chi connectivity index (χ4v) is 1.50. The SMILES string of the molecule is OCc1ccc(OCc2ccc(F)cc2)c(F)c1. The number of ether oxygens (including phenoxy) is 1. The third-order valence-corrected chi connectivity index (χ3v) is 2.49. The smallest absolute Gasteiger partial charge is 0.165 e. The van der Waals surface area contributed by atoms with Crippen LogP contribution in [0.1, 0.15) is 11.1 Å². The Kier molecular flexibility index (Phi) is 3.89. The van der Waals surface area contributed by atoms with Gasteiger partial charge in [-0.2, -0.15) is 0 Å². The van der Waals surface area contributed by atoms with E-state index in [4.69, 9.17) is 9.84 Å². The lowest BCUT2D eigenvalue weighted by Gasteiger charge is -2.08. The number of hydrogen-bond donors (Lipinski definition) is 1. The Labute approximate surface area is 103 Å². The summed E-state index contributed by atoms with van der Waals surface area (Å²) < 4.78 is 31.5. The van der Waals surface area contributed by atoms with Crippen molar-refractivity contribution in [2.24, 2.45) is 0 Å². The van der Waals surface area contributed by atoms with E-state index in [1.54, 1.807) is 18.2 Å². The second-order valence-electron chi connectivity index (χ2n) is 3.84. The molecular formula is C14H12F2O2. The summed E-state index contributed by atoms with van der Waals surface area (Å²) in [4.78, 5) is 0. The van der Waals surface area contributed by atoms with Crippen LogP contribution < -0.4 is 4.74 Å². The zero-order valence-corrected chi connectivity index (χ0v) is 9.57. The Morgan fingerprint density at radius 3 is 2.22 bits per heavy atom. The summed E-state index contributed by atoms with van der Waals surface area (Å²) in [5.41, 5.74) is 1.24. The highest BCUT2D eigenvalue weighted by molar-refractivity contribution is 5.29. The Balaban J connectivity index is 2.04. The van der Waals surface area contributed by atoms with Crippen LogP contribution in [0.4, 0.5) is 8.78 Å². The molecule has 0 aliphatic heterocycles. The van der Waals surface area contributed by atoms with Crippen LogP contribution in [0.3, 0.4) is 0 Å². The average Bonchev–Trinajstić information content (AvgIpc) is 2.39. The van der Waals surface area contributed by atoms with Gasteiger partial charge in [0.15, 0.2) is 11.6 Å². The Bertz CT molecular complexity index is 524. The molecule has 2 rings (SSSR count). The highest BCUT2D eigenvalue weighted by Crippen LogP contribution is 2.19. The molecule has 0 spiro atoms. The van der Waals surface area contributed by atoms with Crippen molar-refractivity contribution >= 4 is 0 Å². The van der Waals surface area contributed by atoms with Crippen molar-refractivity contribution in [2.45, 2.75) is 13.2 Å². The summed E-state index contributed by atoms with van der Waals surface area (Å²) in [6, 6.07) is 10.1. The van der Waals surface area contributed by atoms with Crippen molar-refractivity contribution in [3.8, 4) is 5.75 Å². The average molecular weight is 250 g/mol. The van der Waals surface area contributed by atoms with E-state index in [1.807, 2.05) is 0 Å². The first-order chi connectivity index (χ1) is 8.69. The first kappa shape index (κ1) is 12.5. The van der Waals surface area contributed by atoms with Gasteiger partial charge in [-0.3, -0.25) is 0 Å². The van der Waals surface area contributed by atoms with E-state index in [0.29, 0.717) is 5.56 Å². The minimum Gasteiger partial charge on any atom is -0.486 e. The molecule has 0 heterocycles. The van der Waals surface area contributed by atoms with Crippen LogP contribution in [0.2, 0.25) is 0 Å². The quantitative estimate of drug-likeness (QED) is 0.903. The number of aliphatic hydroxyl groups is 1. The van der Waals surface area contributed by atoms with Crippen LogP contribution in [-0.4, -0.2) is 5.11 Å². The lowest BCUT2D eigenvalue weighted by Crippen LogP contribution is -1.98. The van der Waals surface area contributed by atoms with Gasteiger partial charge in [-0.15, -0.1) is 0 Å². The predicted molar refractivity (Wildman–Crippen MR) is 63.1 cm³/mol. The van der Waals surface area contributed by atoms with Crippen LogP contribution in [-0.2, 0) is 13.2 Å². The first-order valence-electron chi connectivity index (χ1n) is 5.45. The molecule has 0 saturated heterocycles. The summed E-state index contributed by atoms with van der Waals surface area (Å²) >= 11 is 0. The summed E-state index contributed by atoms with van der Waals surface area (Å²) in [6.07, 6.45) is 0. The number of hydrogen-bond acceptors (Lipinski definition) is 2. The van der Waals surface area contributed by atoms with Gasteiger partial charge in [0.05, 0.1) is 6.61 Å². The van der Waals surface area contributed by atoms with E-state index >= 15 is 0 Å². The van der Waals surface area contributed by atoms with Gasteiger partial charge in [0, 0.05) is 0 Å². The molecule has 2 aromatic carbocycles. The lowest BCUT2D eigenvalue weighted by atomic mass is 10.2. The number of aliphatic hydroxyl groups excluding tert-OH is 1. The molecule has 0 amide bonds. The third-order valence-electron chi connectivity index (χ3n) is 2.49. The summed E-state index contributed by atoms with van der Waals surface area (Å²) in [7, 11) is 0. The minimum atomic E-state index is -0.524. The zero-order chi connectivity index (χ0) is 13.0. The lowest BCUT2D eigenvalue weighted by molar-refractivity contribution is 0.276. The van der Waals surface area contributed by atoms with E-state index in [-0.39, 0.29) is 24.8 Å². The van der Waals surface area contributed by atoms with Gasteiger partial charge in [-0.25, -0.2) is 8.78 Å². The number of benzene rings is 2. The van der Waals surface area contributed by atoms with Crippen LogP contribution in [0.25, 0.3) is 0 Å². The summed E-state index contributed by atoms with van der Waals surface area (Å²) in [5.74, 6) is -0.739. The van der Waals surface area contributed by atoms with Gasteiger partial charge in [0.1, 0.15) is 12.4 Å². The largest absolute Gasteiger partial charge is 0.486 e. The van der Waals surface area contributed by atoms with Crippen molar-refractivity contribution in [3.05, 3.63) is 65.2 Å².